The van der Waals surface area contributed by atoms with Gasteiger partial charge >= 0.3 is 0 Å². The van der Waals surface area contributed by atoms with Gasteiger partial charge in [-0.05, 0) is 31.5 Å². The maximum atomic E-state index is 12.7. The molecule has 2 aromatic rings. The van der Waals surface area contributed by atoms with Gasteiger partial charge in [-0.1, -0.05) is 24.3 Å². The molecule has 1 aliphatic rings. The lowest BCUT2D eigenvalue weighted by Crippen LogP contribution is -2.45. The van der Waals surface area contributed by atoms with Gasteiger partial charge in [0.1, 0.15) is 5.69 Å². The normalized spacial score (nSPS) is 16.4. The van der Waals surface area contributed by atoms with Crippen LogP contribution in [0, 0.1) is 0 Å². The molecule has 5 heteroatoms. The fraction of sp³-hybridized carbons (Fsp3) is 0.474. The maximum Gasteiger partial charge on any atom is 0.272 e. The highest BCUT2D eigenvalue weighted by Gasteiger charge is 2.17. The summed E-state index contributed by atoms with van der Waals surface area (Å²) < 4.78 is 0. The molecule has 24 heavy (non-hydrogen) atoms. The van der Waals surface area contributed by atoms with E-state index in [1.165, 1.54) is 0 Å². The van der Waals surface area contributed by atoms with Crippen LogP contribution in [0.4, 0.5) is 0 Å². The highest BCUT2D eigenvalue weighted by Crippen LogP contribution is 2.17. The van der Waals surface area contributed by atoms with E-state index in [0.29, 0.717) is 5.69 Å². The number of pyridine rings is 1. The van der Waals surface area contributed by atoms with Crippen LogP contribution in [0.2, 0.25) is 0 Å². The van der Waals surface area contributed by atoms with E-state index in [1.807, 2.05) is 37.4 Å². The van der Waals surface area contributed by atoms with Crippen LogP contribution in [-0.2, 0) is 0 Å². The first-order chi connectivity index (χ1) is 11.6. The lowest BCUT2D eigenvalue weighted by molar-refractivity contribution is 0.0779. The predicted molar refractivity (Wildman–Crippen MR) is 97.3 cm³/mol. The molecule has 0 unspecified atom stereocenters. The molecular formula is C19H26N4O. The molecule has 1 aromatic carbocycles. The molecule has 0 atom stereocenters. The Labute approximate surface area is 143 Å². The largest absolute Gasteiger partial charge is 0.340 e. The Morgan fingerprint density at radius 3 is 2.71 bits per heavy atom. The van der Waals surface area contributed by atoms with E-state index < -0.39 is 0 Å². The van der Waals surface area contributed by atoms with E-state index in [-0.39, 0.29) is 5.91 Å². The number of piperazine rings is 1. The predicted octanol–water partition coefficient (Wildman–Crippen LogP) is 1.94. The average molecular weight is 326 g/mol. The van der Waals surface area contributed by atoms with Crippen LogP contribution in [0.25, 0.3) is 10.8 Å². The fourth-order valence-electron chi connectivity index (χ4n) is 3.18. The molecule has 2 heterocycles. The van der Waals surface area contributed by atoms with Crippen molar-refractivity contribution in [3.8, 4) is 0 Å². The summed E-state index contributed by atoms with van der Waals surface area (Å²) in [5, 5.41) is 1.98. The second kappa shape index (κ2) is 7.73. The summed E-state index contributed by atoms with van der Waals surface area (Å²) >= 11 is 0. The molecule has 1 aromatic heterocycles. The Kier molecular flexibility index (Phi) is 5.43. The Balaban J connectivity index is 1.56. The third-order valence-corrected chi connectivity index (χ3v) is 4.79. The Morgan fingerprint density at radius 1 is 1.17 bits per heavy atom. The second-order valence-corrected chi connectivity index (χ2v) is 6.61. The van der Waals surface area contributed by atoms with Gasteiger partial charge in [0.15, 0.2) is 0 Å². The highest BCUT2D eigenvalue weighted by molar-refractivity contribution is 6.04. The standard InChI is InChI=1S/C19H26N4O/c1-21-12-14-23(15-13-21)11-5-10-22(2)19(24)18-17-7-4-3-6-16(17)8-9-20-18/h3-4,6-9H,5,10-15H2,1-2H3. The van der Waals surface area contributed by atoms with Gasteiger partial charge in [-0.3, -0.25) is 9.78 Å². The van der Waals surface area contributed by atoms with E-state index in [4.69, 9.17) is 0 Å². The minimum absolute atomic E-state index is 0.00479. The van der Waals surface area contributed by atoms with Crippen LogP contribution >= 0.6 is 0 Å². The number of benzene rings is 1. The van der Waals surface area contributed by atoms with Gasteiger partial charge in [-0.2, -0.15) is 0 Å². The van der Waals surface area contributed by atoms with Crippen LogP contribution in [0.15, 0.2) is 36.5 Å². The molecule has 1 saturated heterocycles. The van der Waals surface area contributed by atoms with Crippen molar-refractivity contribution in [1.29, 1.82) is 0 Å². The summed E-state index contributed by atoms with van der Waals surface area (Å²) in [6, 6.07) is 9.86. The second-order valence-electron chi connectivity index (χ2n) is 6.61. The van der Waals surface area contributed by atoms with Crippen molar-refractivity contribution in [2.45, 2.75) is 6.42 Å². The number of hydrogen-bond donors (Lipinski definition) is 0. The van der Waals surface area contributed by atoms with Crippen molar-refractivity contribution >= 4 is 16.7 Å². The number of amides is 1. The summed E-state index contributed by atoms with van der Waals surface area (Å²) in [6.45, 7) is 6.33. The summed E-state index contributed by atoms with van der Waals surface area (Å²) in [7, 11) is 4.04. The van der Waals surface area contributed by atoms with Crippen molar-refractivity contribution in [1.82, 2.24) is 19.7 Å². The number of nitrogens with zero attached hydrogens (tertiary/aromatic N) is 4. The molecular weight excluding hydrogens is 300 g/mol. The van der Waals surface area contributed by atoms with Crippen molar-refractivity contribution in [2.24, 2.45) is 0 Å². The summed E-state index contributed by atoms with van der Waals surface area (Å²) in [5.41, 5.74) is 0.551. The van der Waals surface area contributed by atoms with E-state index in [1.54, 1.807) is 11.1 Å². The van der Waals surface area contributed by atoms with Crippen LogP contribution < -0.4 is 0 Å². The number of aromatic nitrogens is 1. The van der Waals surface area contributed by atoms with Crippen molar-refractivity contribution < 1.29 is 4.79 Å². The summed E-state index contributed by atoms with van der Waals surface area (Å²) in [6.07, 6.45) is 2.71. The zero-order chi connectivity index (χ0) is 16.9. The molecule has 3 rings (SSSR count). The Bertz CT molecular complexity index is 689. The van der Waals surface area contributed by atoms with Gasteiger partial charge < -0.3 is 14.7 Å². The van der Waals surface area contributed by atoms with Gasteiger partial charge in [0, 0.05) is 51.4 Å². The van der Waals surface area contributed by atoms with E-state index >= 15 is 0 Å². The topological polar surface area (TPSA) is 39.7 Å². The number of fused-ring (bicyclic) bond motifs is 1. The molecule has 0 aliphatic carbocycles. The third-order valence-electron chi connectivity index (χ3n) is 4.79. The van der Waals surface area contributed by atoms with Crippen molar-refractivity contribution in [3.05, 3.63) is 42.2 Å². The van der Waals surface area contributed by atoms with Crippen molar-refractivity contribution in [2.75, 3.05) is 53.4 Å². The molecule has 1 fully saturated rings. The van der Waals surface area contributed by atoms with E-state index in [2.05, 4.69) is 21.8 Å². The van der Waals surface area contributed by atoms with E-state index in [0.717, 1.165) is 56.5 Å². The lowest BCUT2D eigenvalue weighted by atomic mass is 10.1. The van der Waals surface area contributed by atoms with Crippen LogP contribution in [0.3, 0.4) is 0 Å². The molecule has 0 bridgehead atoms. The SMILES string of the molecule is CN1CCN(CCCN(C)C(=O)c2nccc3ccccc23)CC1. The molecule has 0 radical (unpaired) electrons. The maximum absolute atomic E-state index is 12.7. The summed E-state index contributed by atoms with van der Waals surface area (Å²) in [5.74, 6) is 0.00479. The molecule has 0 saturated carbocycles. The smallest absolute Gasteiger partial charge is 0.272 e. The zero-order valence-electron chi connectivity index (χ0n) is 14.6. The molecule has 1 aliphatic heterocycles. The number of likely N-dealkylation sites (N-methyl/N-ethyl adjacent to an activating group) is 1. The van der Waals surface area contributed by atoms with Gasteiger partial charge in [0.25, 0.3) is 5.91 Å². The third kappa shape index (κ3) is 3.91. The summed E-state index contributed by atoms with van der Waals surface area (Å²) in [4.78, 5) is 23.7. The minimum atomic E-state index is 0.00479. The molecule has 5 nitrogen and oxygen atoms in total. The van der Waals surface area contributed by atoms with E-state index in [9.17, 15) is 4.79 Å². The number of hydrogen-bond acceptors (Lipinski definition) is 4. The van der Waals surface area contributed by atoms with Crippen molar-refractivity contribution in [3.63, 3.8) is 0 Å². The van der Waals surface area contributed by atoms with Gasteiger partial charge in [-0.15, -0.1) is 0 Å². The fourth-order valence-corrected chi connectivity index (χ4v) is 3.18. The van der Waals surface area contributed by atoms with Crippen LogP contribution in [0.5, 0.6) is 0 Å². The minimum Gasteiger partial charge on any atom is -0.340 e. The highest BCUT2D eigenvalue weighted by atomic mass is 16.2. The molecule has 0 spiro atoms. The van der Waals surface area contributed by atoms with Crippen LogP contribution in [-0.4, -0.2) is 79.0 Å². The molecule has 1 amide bonds. The monoisotopic (exact) mass is 326 g/mol. The quantitative estimate of drug-likeness (QED) is 0.842. The number of carbonyl (C=O) groups excluding carboxylic acids is 1. The lowest BCUT2D eigenvalue weighted by Gasteiger charge is -2.32. The number of rotatable bonds is 5. The Hall–Kier alpha value is -1.98. The molecule has 0 N–H and O–H groups in total. The molecule has 128 valence electrons. The Morgan fingerprint density at radius 2 is 1.92 bits per heavy atom. The zero-order valence-corrected chi connectivity index (χ0v) is 14.6. The van der Waals surface area contributed by atoms with Gasteiger partial charge in [-0.25, -0.2) is 0 Å². The average Bonchev–Trinajstić information content (AvgIpc) is 2.62. The first-order valence-corrected chi connectivity index (χ1v) is 8.65. The van der Waals surface area contributed by atoms with Gasteiger partial charge in [0.05, 0.1) is 0 Å². The van der Waals surface area contributed by atoms with Gasteiger partial charge in [0.2, 0.25) is 0 Å². The first kappa shape index (κ1) is 16.9. The first-order valence-electron chi connectivity index (χ1n) is 8.65. The van der Waals surface area contributed by atoms with Crippen LogP contribution in [0.1, 0.15) is 16.9 Å². The number of carbonyl (C=O) groups is 1.